The fourth-order valence-electron chi connectivity index (χ4n) is 1.91. The number of nitrogens with one attached hydrogen (secondary N) is 1. The zero-order valence-corrected chi connectivity index (χ0v) is 16.1. The second-order valence-corrected chi connectivity index (χ2v) is 6.37. The van der Waals surface area contributed by atoms with Crippen LogP contribution in [0.25, 0.3) is 0 Å². The molecule has 22 heavy (non-hydrogen) atoms. The molecule has 0 unspecified atom stereocenters. The molecule has 0 radical (unpaired) electrons. The molecule has 120 valence electrons. The summed E-state index contributed by atoms with van der Waals surface area (Å²) in [4.78, 5) is 5.76. The van der Waals surface area contributed by atoms with Crippen LogP contribution >= 0.6 is 35.3 Å². The SMILES string of the molecule is COc1cccc(NC(N)=NCC(C)(C)c2cccs2)c1.I. The molecule has 0 aliphatic carbocycles. The van der Waals surface area contributed by atoms with Crippen molar-refractivity contribution in [3.05, 3.63) is 46.7 Å². The summed E-state index contributed by atoms with van der Waals surface area (Å²) in [5.41, 5.74) is 6.81. The molecule has 0 atom stereocenters. The number of aliphatic imine (C=N–C) groups is 1. The van der Waals surface area contributed by atoms with Gasteiger partial charge in [-0.25, -0.2) is 0 Å². The number of hydrogen-bond donors (Lipinski definition) is 2. The van der Waals surface area contributed by atoms with Gasteiger partial charge >= 0.3 is 0 Å². The van der Waals surface area contributed by atoms with Gasteiger partial charge in [-0.15, -0.1) is 35.3 Å². The number of thiophene rings is 1. The van der Waals surface area contributed by atoms with Gasteiger partial charge in [-0.3, -0.25) is 4.99 Å². The Morgan fingerprint density at radius 1 is 1.32 bits per heavy atom. The standard InChI is InChI=1S/C16H21N3OS.HI/c1-16(2,14-8-5-9-21-14)11-18-15(17)19-12-6-4-7-13(10-12)20-3;/h4-10H,11H2,1-3H3,(H3,17,18,19);1H. The Morgan fingerprint density at radius 2 is 2.09 bits per heavy atom. The third kappa shape index (κ3) is 5.17. The van der Waals surface area contributed by atoms with E-state index in [0.29, 0.717) is 12.5 Å². The number of benzene rings is 1. The second kappa shape index (κ2) is 8.38. The fraction of sp³-hybridized carbons (Fsp3) is 0.312. The summed E-state index contributed by atoms with van der Waals surface area (Å²) in [5.74, 6) is 1.19. The van der Waals surface area contributed by atoms with Gasteiger partial charge < -0.3 is 15.8 Å². The Kier molecular flexibility index (Phi) is 7.15. The number of anilines is 1. The second-order valence-electron chi connectivity index (χ2n) is 5.42. The minimum Gasteiger partial charge on any atom is -0.497 e. The van der Waals surface area contributed by atoms with Gasteiger partial charge in [-0.05, 0) is 23.6 Å². The lowest BCUT2D eigenvalue weighted by molar-refractivity contribution is 0.415. The van der Waals surface area contributed by atoms with E-state index in [4.69, 9.17) is 10.5 Å². The van der Waals surface area contributed by atoms with Crippen molar-refractivity contribution < 1.29 is 4.74 Å². The number of nitrogens with two attached hydrogens (primary N) is 1. The van der Waals surface area contributed by atoms with Crippen LogP contribution < -0.4 is 15.8 Å². The maximum Gasteiger partial charge on any atom is 0.193 e. The lowest BCUT2D eigenvalue weighted by Gasteiger charge is -2.21. The molecular weight excluding hydrogens is 409 g/mol. The summed E-state index contributed by atoms with van der Waals surface area (Å²) in [6.07, 6.45) is 0. The van der Waals surface area contributed by atoms with E-state index in [2.05, 4.69) is 41.7 Å². The maximum atomic E-state index is 5.96. The van der Waals surface area contributed by atoms with Crippen molar-refractivity contribution in [3.63, 3.8) is 0 Å². The molecule has 0 aliphatic heterocycles. The van der Waals surface area contributed by atoms with Gasteiger partial charge in [0.1, 0.15) is 5.75 Å². The van der Waals surface area contributed by atoms with E-state index < -0.39 is 0 Å². The number of nitrogens with zero attached hydrogens (tertiary/aromatic N) is 1. The van der Waals surface area contributed by atoms with Crippen LogP contribution in [0.3, 0.4) is 0 Å². The molecule has 0 spiro atoms. The molecule has 1 aromatic heterocycles. The average molecular weight is 431 g/mol. The lowest BCUT2D eigenvalue weighted by Crippen LogP contribution is -2.27. The van der Waals surface area contributed by atoms with E-state index in [1.807, 2.05) is 24.3 Å². The van der Waals surface area contributed by atoms with E-state index in [9.17, 15) is 0 Å². The maximum absolute atomic E-state index is 5.96. The van der Waals surface area contributed by atoms with Crippen molar-refractivity contribution in [2.75, 3.05) is 19.0 Å². The van der Waals surface area contributed by atoms with Gasteiger partial charge in [-0.2, -0.15) is 0 Å². The highest BCUT2D eigenvalue weighted by atomic mass is 127. The summed E-state index contributed by atoms with van der Waals surface area (Å²) >= 11 is 1.74. The molecule has 0 fully saturated rings. The van der Waals surface area contributed by atoms with E-state index in [1.165, 1.54) is 4.88 Å². The smallest absolute Gasteiger partial charge is 0.193 e. The van der Waals surface area contributed by atoms with Crippen LogP contribution in [0.4, 0.5) is 5.69 Å². The van der Waals surface area contributed by atoms with E-state index in [1.54, 1.807) is 18.4 Å². The predicted molar refractivity (Wildman–Crippen MR) is 106 cm³/mol. The van der Waals surface area contributed by atoms with E-state index in [-0.39, 0.29) is 29.4 Å². The number of ether oxygens (including phenoxy) is 1. The molecule has 0 bridgehead atoms. The third-order valence-corrected chi connectivity index (χ3v) is 4.41. The molecule has 0 aliphatic rings. The van der Waals surface area contributed by atoms with E-state index in [0.717, 1.165) is 11.4 Å². The highest BCUT2D eigenvalue weighted by molar-refractivity contribution is 14.0. The minimum atomic E-state index is -0.0190. The highest BCUT2D eigenvalue weighted by Crippen LogP contribution is 2.27. The largest absolute Gasteiger partial charge is 0.497 e. The molecule has 3 N–H and O–H groups in total. The molecule has 2 aromatic rings. The van der Waals surface area contributed by atoms with Crippen LogP contribution in [0.2, 0.25) is 0 Å². The summed E-state index contributed by atoms with van der Waals surface area (Å²) in [7, 11) is 1.64. The summed E-state index contributed by atoms with van der Waals surface area (Å²) < 4.78 is 5.18. The zero-order valence-electron chi connectivity index (χ0n) is 13.0. The Labute approximate surface area is 152 Å². The van der Waals surface area contributed by atoms with Crippen LogP contribution in [0.5, 0.6) is 5.75 Å². The van der Waals surface area contributed by atoms with Gasteiger partial charge in [-0.1, -0.05) is 26.0 Å². The number of methoxy groups -OCH3 is 1. The van der Waals surface area contributed by atoms with Crippen LogP contribution in [-0.2, 0) is 5.41 Å². The van der Waals surface area contributed by atoms with Crippen molar-refractivity contribution in [3.8, 4) is 5.75 Å². The van der Waals surface area contributed by atoms with Gasteiger partial charge in [0.2, 0.25) is 0 Å². The van der Waals surface area contributed by atoms with Gasteiger partial charge in [0.05, 0.1) is 13.7 Å². The number of rotatable bonds is 5. The minimum absolute atomic E-state index is 0. The Hall–Kier alpha value is -1.28. The quantitative estimate of drug-likeness (QED) is 0.426. The first kappa shape index (κ1) is 18.8. The van der Waals surface area contributed by atoms with Gasteiger partial charge in [0, 0.05) is 22.0 Å². The number of guanidine groups is 1. The highest BCUT2D eigenvalue weighted by Gasteiger charge is 2.21. The summed E-state index contributed by atoms with van der Waals surface area (Å²) in [6, 6.07) is 11.8. The first-order valence-corrected chi connectivity index (χ1v) is 7.64. The van der Waals surface area contributed by atoms with Crippen LogP contribution in [0.15, 0.2) is 46.8 Å². The summed E-state index contributed by atoms with van der Waals surface area (Å²) in [5, 5.41) is 5.17. The molecule has 0 saturated heterocycles. The lowest BCUT2D eigenvalue weighted by atomic mass is 9.92. The third-order valence-electron chi connectivity index (χ3n) is 3.18. The van der Waals surface area contributed by atoms with Crippen molar-refractivity contribution in [1.29, 1.82) is 0 Å². The number of halogens is 1. The Morgan fingerprint density at radius 3 is 2.73 bits per heavy atom. The fourth-order valence-corrected chi connectivity index (χ4v) is 2.76. The van der Waals surface area contributed by atoms with Crippen molar-refractivity contribution in [2.24, 2.45) is 10.7 Å². The predicted octanol–water partition coefficient (Wildman–Crippen LogP) is 4.08. The number of hydrogen-bond acceptors (Lipinski definition) is 3. The molecule has 0 amide bonds. The van der Waals surface area contributed by atoms with Crippen molar-refractivity contribution >= 4 is 47.0 Å². The Balaban J connectivity index is 0.00000242. The van der Waals surface area contributed by atoms with Crippen LogP contribution in [0.1, 0.15) is 18.7 Å². The molecule has 1 aromatic carbocycles. The zero-order chi connectivity index (χ0) is 15.3. The molecule has 4 nitrogen and oxygen atoms in total. The first-order chi connectivity index (χ1) is 10.0. The van der Waals surface area contributed by atoms with Crippen LogP contribution in [-0.4, -0.2) is 19.6 Å². The summed E-state index contributed by atoms with van der Waals surface area (Å²) in [6.45, 7) is 4.97. The van der Waals surface area contributed by atoms with Gasteiger partial charge in [0.25, 0.3) is 0 Å². The topological polar surface area (TPSA) is 59.6 Å². The molecule has 1 heterocycles. The normalized spacial score (nSPS) is 11.7. The van der Waals surface area contributed by atoms with Crippen molar-refractivity contribution in [1.82, 2.24) is 0 Å². The monoisotopic (exact) mass is 431 g/mol. The molecular formula is C16H22IN3OS. The molecule has 6 heteroatoms. The van der Waals surface area contributed by atoms with E-state index >= 15 is 0 Å². The molecule has 0 saturated carbocycles. The average Bonchev–Trinajstić information content (AvgIpc) is 3.00. The molecule has 2 rings (SSSR count). The van der Waals surface area contributed by atoms with Gasteiger partial charge in [0.15, 0.2) is 5.96 Å². The Bertz CT molecular complexity index is 612. The van der Waals surface area contributed by atoms with Crippen molar-refractivity contribution in [2.45, 2.75) is 19.3 Å². The first-order valence-electron chi connectivity index (χ1n) is 6.76. The van der Waals surface area contributed by atoms with Crippen LogP contribution in [0, 0.1) is 0 Å².